The lowest BCUT2D eigenvalue weighted by molar-refractivity contribution is 0.512. The molecule has 98 valence electrons. The third-order valence-corrected chi connectivity index (χ3v) is 3.21. The molecule has 1 aromatic carbocycles. The summed E-state index contributed by atoms with van der Waals surface area (Å²) in [5.74, 6) is -0.279. The first-order chi connectivity index (χ1) is 8.67. The topological polar surface area (TPSA) is 47.2 Å². The van der Waals surface area contributed by atoms with Gasteiger partial charge in [-0.25, -0.2) is 4.79 Å². The molecule has 1 unspecified atom stereocenters. The second-order valence-corrected chi connectivity index (χ2v) is 4.52. The largest absolute Gasteiger partial charge is 0.419 e. The van der Waals surface area contributed by atoms with Gasteiger partial charge in [0.25, 0.3) is 0 Å². The molecular formula is C14H20N2O2. The average molecular weight is 248 g/mol. The normalized spacial score (nSPS) is 13.1. The fourth-order valence-corrected chi connectivity index (χ4v) is 2.13. The first kappa shape index (κ1) is 12.9. The van der Waals surface area contributed by atoms with Crippen molar-refractivity contribution < 1.29 is 4.42 Å². The monoisotopic (exact) mass is 248 g/mol. The molecular weight excluding hydrogens is 228 g/mol. The minimum Gasteiger partial charge on any atom is -0.408 e. The molecule has 0 aliphatic carbocycles. The van der Waals surface area contributed by atoms with Crippen LogP contribution in [0.3, 0.4) is 0 Å². The molecule has 2 aromatic rings. The van der Waals surface area contributed by atoms with E-state index in [1.807, 2.05) is 19.1 Å². The van der Waals surface area contributed by atoms with Gasteiger partial charge in [0, 0.05) is 12.6 Å². The van der Waals surface area contributed by atoms with Crippen molar-refractivity contribution in [3.05, 3.63) is 34.3 Å². The van der Waals surface area contributed by atoms with Gasteiger partial charge < -0.3 is 9.73 Å². The van der Waals surface area contributed by atoms with Crippen LogP contribution in [0.1, 0.15) is 38.8 Å². The Hall–Kier alpha value is -1.55. The number of aryl methyl sites for hydroxylation is 1. The molecule has 0 saturated heterocycles. The number of fused-ring (bicyclic) bond motifs is 1. The summed E-state index contributed by atoms with van der Waals surface area (Å²) in [6.07, 6.45) is 1.11. The zero-order valence-corrected chi connectivity index (χ0v) is 11.2. The van der Waals surface area contributed by atoms with Gasteiger partial charge in [-0.05, 0) is 44.5 Å². The van der Waals surface area contributed by atoms with Crippen LogP contribution in [0.2, 0.25) is 0 Å². The van der Waals surface area contributed by atoms with Crippen LogP contribution in [-0.4, -0.2) is 11.1 Å². The molecule has 0 aliphatic heterocycles. The second kappa shape index (κ2) is 5.40. The van der Waals surface area contributed by atoms with Crippen LogP contribution in [0.5, 0.6) is 0 Å². The summed E-state index contributed by atoms with van der Waals surface area (Å²) in [6, 6.07) is 6.24. The fourth-order valence-electron chi connectivity index (χ4n) is 2.13. The molecule has 0 saturated carbocycles. The highest BCUT2D eigenvalue weighted by Crippen LogP contribution is 2.19. The Morgan fingerprint density at radius 1 is 1.39 bits per heavy atom. The predicted molar refractivity (Wildman–Crippen MR) is 72.9 cm³/mol. The Balaban J connectivity index is 2.36. The minimum absolute atomic E-state index is 0.268. The van der Waals surface area contributed by atoms with E-state index in [-0.39, 0.29) is 11.8 Å². The lowest BCUT2D eigenvalue weighted by Gasteiger charge is -2.13. The Kier molecular flexibility index (Phi) is 3.87. The van der Waals surface area contributed by atoms with Gasteiger partial charge >= 0.3 is 5.76 Å². The van der Waals surface area contributed by atoms with Gasteiger partial charge in [-0.15, -0.1) is 0 Å². The molecule has 2 rings (SSSR count). The van der Waals surface area contributed by atoms with Crippen LogP contribution in [0.25, 0.3) is 11.1 Å². The highest BCUT2D eigenvalue weighted by molar-refractivity contribution is 5.73. The van der Waals surface area contributed by atoms with Crippen molar-refractivity contribution >= 4 is 11.1 Å². The molecule has 0 amide bonds. The number of hydrogen-bond donors (Lipinski definition) is 1. The molecule has 0 fully saturated rings. The lowest BCUT2D eigenvalue weighted by Crippen LogP contribution is -2.19. The van der Waals surface area contributed by atoms with E-state index in [9.17, 15) is 4.79 Å². The Labute approximate surface area is 107 Å². The molecule has 0 bridgehead atoms. The summed E-state index contributed by atoms with van der Waals surface area (Å²) in [7, 11) is 0. The molecule has 0 aliphatic rings. The molecule has 0 radical (unpaired) electrons. The van der Waals surface area contributed by atoms with E-state index >= 15 is 0 Å². The molecule has 4 nitrogen and oxygen atoms in total. The van der Waals surface area contributed by atoms with E-state index in [0.717, 1.165) is 24.0 Å². The number of nitrogens with one attached hydrogen (secondary N) is 1. The summed E-state index contributed by atoms with van der Waals surface area (Å²) >= 11 is 0. The summed E-state index contributed by atoms with van der Waals surface area (Å²) in [5.41, 5.74) is 2.69. The van der Waals surface area contributed by atoms with Crippen molar-refractivity contribution in [2.75, 3.05) is 6.54 Å². The predicted octanol–water partition coefficient (Wildman–Crippen LogP) is 2.68. The van der Waals surface area contributed by atoms with Crippen molar-refractivity contribution in [2.45, 2.75) is 39.8 Å². The summed E-state index contributed by atoms with van der Waals surface area (Å²) in [5, 5.41) is 3.42. The van der Waals surface area contributed by atoms with Gasteiger partial charge in [0.1, 0.15) is 0 Å². The van der Waals surface area contributed by atoms with Gasteiger partial charge in [0.15, 0.2) is 5.58 Å². The van der Waals surface area contributed by atoms with Crippen molar-refractivity contribution in [1.29, 1.82) is 0 Å². The van der Waals surface area contributed by atoms with E-state index in [1.165, 1.54) is 0 Å². The van der Waals surface area contributed by atoms with Crippen molar-refractivity contribution in [3.63, 3.8) is 0 Å². The standard InChI is InChI=1S/C14H20N2O2/c1-4-8-15-10(3)11-6-7-12-13(9-11)18-14(17)16(12)5-2/h6-7,9-10,15H,4-5,8H2,1-3H3. The number of nitrogens with zero attached hydrogens (tertiary/aromatic N) is 1. The van der Waals surface area contributed by atoms with Crippen molar-refractivity contribution in [1.82, 2.24) is 9.88 Å². The SMILES string of the molecule is CCCNC(C)c1ccc2c(c1)oc(=O)n2CC. The summed E-state index contributed by atoms with van der Waals surface area (Å²) in [6.45, 7) is 7.82. The van der Waals surface area contributed by atoms with Crippen LogP contribution < -0.4 is 11.1 Å². The van der Waals surface area contributed by atoms with Crippen LogP contribution >= 0.6 is 0 Å². The number of hydrogen-bond acceptors (Lipinski definition) is 3. The van der Waals surface area contributed by atoms with Crippen molar-refractivity contribution in [2.24, 2.45) is 0 Å². The van der Waals surface area contributed by atoms with Gasteiger partial charge in [-0.3, -0.25) is 4.57 Å². The van der Waals surface area contributed by atoms with Gasteiger partial charge in [-0.2, -0.15) is 0 Å². The molecule has 1 N–H and O–H groups in total. The molecule has 0 spiro atoms. The average Bonchev–Trinajstić information content (AvgIpc) is 2.69. The van der Waals surface area contributed by atoms with Gasteiger partial charge in [0.2, 0.25) is 0 Å². The molecule has 4 heteroatoms. The Morgan fingerprint density at radius 2 is 2.17 bits per heavy atom. The smallest absolute Gasteiger partial charge is 0.408 e. The highest BCUT2D eigenvalue weighted by atomic mass is 16.4. The maximum absolute atomic E-state index is 11.6. The van der Waals surface area contributed by atoms with Crippen LogP contribution in [0.4, 0.5) is 0 Å². The van der Waals surface area contributed by atoms with Crippen molar-refractivity contribution in [3.8, 4) is 0 Å². The highest BCUT2D eigenvalue weighted by Gasteiger charge is 2.10. The quantitative estimate of drug-likeness (QED) is 0.885. The van der Waals surface area contributed by atoms with Gasteiger partial charge in [-0.1, -0.05) is 13.0 Å². The molecule has 1 heterocycles. The van der Waals surface area contributed by atoms with E-state index in [1.54, 1.807) is 4.57 Å². The summed E-state index contributed by atoms with van der Waals surface area (Å²) in [4.78, 5) is 11.6. The van der Waals surface area contributed by atoms with Crippen LogP contribution in [-0.2, 0) is 6.54 Å². The third-order valence-electron chi connectivity index (χ3n) is 3.21. The number of aromatic nitrogens is 1. The van der Waals surface area contributed by atoms with Crippen LogP contribution in [0, 0.1) is 0 Å². The molecule has 1 aromatic heterocycles. The fraction of sp³-hybridized carbons (Fsp3) is 0.500. The van der Waals surface area contributed by atoms with E-state index in [4.69, 9.17) is 4.42 Å². The summed E-state index contributed by atoms with van der Waals surface area (Å²) < 4.78 is 6.91. The zero-order chi connectivity index (χ0) is 13.1. The first-order valence-corrected chi connectivity index (χ1v) is 6.54. The Bertz CT molecular complexity index is 583. The van der Waals surface area contributed by atoms with Crippen LogP contribution in [0.15, 0.2) is 27.4 Å². The number of benzene rings is 1. The molecule has 1 atom stereocenters. The van der Waals surface area contributed by atoms with E-state index in [2.05, 4.69) is 25.2 Å². The van der Waals surface area contributed by atoms with E-state index < -0.39 is 0 Å². The number of rotatable bonds is 5. The number of oxazole rings is 1. The maximum atomic E-state index is 11.6. The minimum atomic E-state index is -0.279. The molecule has 18 heavy (non-hydrogen) atoms. The van der Waals surface area contributed by atoms with Gasteiger partial charge in [0.05, 0.1) is 5.52 Å². The zero-order valence-electron chi connectivity index (χ0n) is 11.2. The second-order valence-electron chi connectivity index (χ2n) is 4.52. The van der Waals surface area contributed by atoms with E-state index in [0.29, 0.717) is 12.1 Å². The maximum Gasteiger partial charge on any atom is 0.419 e. The third kappa shape index (κ3) is 2.34. The lowest BCUT2D eigenvalue weighted by atomic mass is 10.1. The first-order valence-electron chi connectivity index (χ1n) is 6.54. The Morgan fingerprint density at radius 3 is 2.83 bits per heavy atom.